The van der Waals surface area contributed by atoms with Crippen molar-refractivity contribution in [2.45, 2.75) is 66.7 Å². The van der Waals surface area contributed by atoms with E-state index < -0.39 is 0 Å². The first-order chi connectivity index (χ1) is 8.58. The number of nitrogens with two attached hydrogens (primary N) is 1. The Morgan fingerprint density at radius 1 is 1.11 bits per heavy atom. The van der Waals surface area contributed by atoms with E-state index in [4.69, 9.17) is 5.73 Å². The smallest absolute Gasteiger partial charge is 0.0311 e. The number of hydrogen-bond acceptors (Lipinski definition) is 2. The summed E-state index contributed by atoms with van der Waals surface area (Å²) in [4.78, 5) is 3.68. The standard InChI is InChI=1S/C14H26Br2N2.ClH/c1-18(12-5-3-2-4-6-12)9-10-7-11(15)8-13(16)14(10)17;/h10-14H,2-9,17H2,1H3;1H. The van der Waals surface area contributed by atoms with Crippen molar-refractivity contribution in [3.05, 3.63) is 0 Å². The van der Waals surface area contributed by atoms with E-state index in [-0.39, 0.29) is 12.4 Å². The Morgan fingerprint density at radius 2 is 1.74 bits per heavy atom. The molecule has 0 heterocycles. The van der Waals surface area contributed by atoms with Crippen LogP contribution < -0.4 is 5.73 Å². The van der Waals surface area contributed by atoms with Crippen LogP contribution in [-0.2, 0) is 0 Å². The molecule has 0 aromatic rings. The van der Waals surface area contributed by atoms with E-state index in [1.54, 1.807) is 0 Å². The fourth-order valence-electron chi connectivity index (χ4n) is 3.52. The molecule has 2 aliphatic rings. The van der Waals surface area contributed by atoms with Crippen LogP contribution in [0.25, 0.3) is 0 Å². The lowest BCUT2D eigenvalue weighted by molar-refractivity contribution is 0.145. The fourth-order valence-corrected chi connectivity index (χ4v) is 5.78. The lowest BCUT2D eigenvalue weighted by Gasteiger charge is -2.40. The minimum atomic E-state index is 0. The largest absolute Gasteiger partial charge is 0.326 e. The van der Waals surface area contributed by atoms with Gasteiger partial charge in [-0.25, -0.2) is 0 Å². The maximum Gasteiger partial charge on any atom is 0.0311 e. The molecule has 0 bridgehead atoms. The second-order valence-electron chi connectivity index (χ2n) is 6.15. The van der Waals surface area contributed by atoms with Crippen LogP contribution in [0.4, 0.5) is 0 Å². The lowest BCUT2D eigenvalue weighted by Crippen LogP contribution is -2.50. The summed E-state index contributed by atoms with van der Waals surface area (Å²) in [6.07, 6.45) is 9.40. The van der Waals surface area contributed by atoms with Gasteiger partial charge < -0.3 is 10.6 Å². The van der Waals surface area contributed by atoms with Gasteiger partial charge in [-0.2, -0.15) is 0 Å². The molecule has 0 aliphatic heterocycles. The molecule has 0 spiro atoms. The Bertz CT molecular complexity index is 262. The van der Waals surface area contributed by atoms with Crippen molar-refractivity contribution in [1.29, 1.82) is 0 Å². The van der Waals surface area contributed by atoms with Gasteiger partial charge in [-0.3, -0.25) is 0 Å². The topological polar surface area (TPSA) is 29.3 Å². The molecular weight excluding hydrogens is 391 g/mol. The molecule has 0 amide bonds. The highest BCUT2D eigenvalue weighted by molar-refractivity contribution is 9.10. The molecule has 2 nitrogen and oxygen atoms in total. The van der Waals surface area contributed by atoms with Crippen LogP contribution in [-0.4, -0.2) is 40.2 Å². The van der Waals surface area contributed by atoms with Gasteiger partial charge in [-0.05, 0) is 38.6 Å². The molecule has 2 N–H and O–H groups in total. The van der Waals surface area contributed by atoms with Gasteiger partial charge >= 0.3 is 0 Å². The highest BCUT2D eigenvalue weighted by Gasteiger charge is 2.34. The maximum absolute atomic E-state index is 6.37. The van der Waals surface area contributed by atoms with E-state index in [9.17, 15) is 0 Å². The molecule has 0 saturated heterocycles. The van der Waals surface area contributed by atoms with Gasteiger partial charge in [0.25, 0.3) is 0 Å². The zero-order valence-corrected chi connectivity index (χ0v) is 15.7. The molecule has 0 aromatic carbocycles. The van der Waals surface area contributed by atoms with E-state index >= 15 is 0 Å². The van der Waals surface area contributed by atoms with Crippen LogP contribution in [0.3, 0.4) is 0 Å². The van der Waals surface area contributed by atoms with Crippen molar-refractivity contribution in [3.8, 4) is 0 Å². The fraction of sp³-hybridized carbons (Fsp3) is 1.00. The van der Waals surface area contributed by atoms with Crippen LogP contribution in [0.1, 0.15) is 44.9 Å². The summed E-state index contributed by atoms with van der Waals surface area (Å²) < 4.78 is 0. The molecule has 5 heteroatoms. The number of halogens is 3. The molecule has 19 heavy (non-hydrogen) atoms. The summed E-state index contributed by atoms with van der Waals surface area (Å²) in [7, 11) is 2.30. The lowest BCUT2D eigenvalue weighted by atomic mass is 9.83. The third kappa shape index (κ3) is 5.14. The molecule has 4 atom stereocenters. The molecule has 2 saturated carbocycles. The quantitative estimate of drug-likeness (QED) is 0.704. The Kier molecular flexibility index (Phi) is 8.22. The molecule has 114 valence electrons. The molecule has 0 aromatic heterocycles. The first-order valence-electron chi connectivity index (χ1n) is 7.32. The first kappa shape index (κ1) is 18.2. The third-order valence-electron chi connectivity index (χ3n) is 4.72. The minimum Gasteiger partial charge on any atom is -0.326 e. The summed E-state index contributed by atoms with van der Waals surface area (Å²) >= 11 is 7.53. The van der Waals surface area contributed by atoms with E-state index in [1.807, 2.05) is 0 Å². The van der Waals surface area contributed by atoms with Gasteiger partial charge in [0.15, 0.2) is 0 Å². The van der Waals surface area contributed by atoms with Crippen molar-refractivity contribution >= 4 is 44.3 Å². The Labute approximate surface area is 140 Å². The van der Waals surface area contributed by atoms with Gasteiger partial charge in [0.2, 0.25) is 0 Å². The number of rotatable bonds is 3. The normalized spacial score (nSPS) is 37.1. The monoisotopic (exact) mass is 416 g/mol. The van der Waals surface area contributed by atoms with E-state index in [0.717, 1.165) is 19.0 Å². The van der Waals surface area contributed by atoms with Crippen LogP contribution in [0.15, 0.2) is 0 Å². The van der Waals surface area contributed by atoms with Gasteiger partial charge in [-0.15, -0.1) is 12.4 Å². The highest BCUT2D eigenvalue weighted by Crippen LogP contribution is 2.34. The van der Waals surface area contributed by atoms with Crippen molar-refractivity contribution in [3.63, 3.8) is 0 Å². The predicted octanol–water partition coefficient (Wildman–Crippen LogP) is 3.94. The summed E-state index contributed by atoms with van der Waals surface area (Å²) in [5.74, 6) is 0.624. The Hall–Kier alpha value is 1.17. The number of alkyl halides is 2. The average Bonchev–Trinajstić information content (AvgIpc) is 2.36. The minimum absolute atomic E-state index is 0. The first-order valence-corrected chi connectivity index (χ1v) is 9.15. The van der Waals surface area contributed by atoms with Crippen molar-refractivity contribution in [2.75, 3.05) is 13.6 Å². The Balaban J connectivity index is 0.00000180. The Morgan fingerprint density at radius 3 is 2.37 bits per heavy atom. The third-order valence-corrected chi connectivity index (χ3v) is 6.45. The van der Waals surface area contributed by atoms with Crippen LogP contribution >= 0.6 is 44.3 Å². The van der Waals surface area contributed by atoms with E-state index in [2.05, 4.69) is 43.8 Å². The zero-order valence-electron chi connectivity index (χ0n) is 11.7. The van der Waals surface area contributed by atoms with Gasteiger partial charge in [0.05, 0.1) is 0 Å². The molecule has 2 rings (SSSR count). The number of nitrogens with zero attached hydrogens (tertiary/aromatic N) is 1. The molecular formula is C14H27Br2ClN2. The predicted molar refractivity (Wildman–Crippen MR) is 92.9 cm³/mol. The van der Waals surface area contributed by atoms with Crippen molar-refractivity contribution < 1.29 is 0 Å². The zero-order chi connectivity index (χ0) is 13.1. The summed E-state index contributed by atoms with van der Waals surface area (Å²) in [6, 6.07) is 1.11. The molecule has 4 unspecified atom stereocenters. The molecule has 0 radical (unpaired) electrons. The number of hydrogen-bond donors (Lipinski definition) is 1. The molecule has 2 fully saturated rings. The van der Waals surface area contributed by atoms with Gasteiger partial charge in [0, 0.05) is 28.3 Å². The van der Waals surface area contributed by atoms with Crippen molar-refractivity contribution in [2.24, 2.45) is 11.7 Å². The van der Waals surface area contributed by atoms with Crippen LogP contribution in [0.5, 0.6) is 0 Å². The summed E-state index contributed by atoms with van der Waals surface area (Å²) in [5, 5.41) is 0. The van der Waals surface area contributed by atoms with Crippen molar-refractivity contribution in [1.82, 2.24) is 4.90 Å². The molecule has 2 aliphatic carbocycles. The second kappa shape index (κ2) is 8.57. The maximum atomic E-state index is 6.37. The highest BCUT2D eigenvalue weighted by atomic mass is 79.9. The van der Waals surface area contributed by atoms with Gasteiger partial charge in [-0.1, -0.05) is 51.1 Å². The summed E-state index contributed by atoms with van der Waals surface area (Å²) in [6.45, 7) is 1.16. The average molecular weight is 419 g/mol. The SMILES string of the molecule is CN(CC1CC(Br)CC(Br)C1N)C1CCCCC1.Cl. The summed E-state index contributed by atoms with van der Waals surface area (Å²) in [5.41, 5.74) is 6.37. The second-order valence-corrected chi connectivity index (χ2v) is 8.62. The van der Waals surface area contributed by atoms with E-state index in [1.165, 1.54) is 38.5 Å². The van der Waals surface area contributed by atoms with Crippen LogP contribution in [0, 0.1) is 5.92 Å². The van der Waals surface area contributed by atoms with Gasteiger partial charge in [0.1, 0.15) is 0 Å². The van der Waals surface area contributed by atoms with Crippen LogP contribution in [0.2, 0.25) is 0 Å². The van der Waals surface area contributed by atoms with E-state index in [0.29, 0.717) is 21.6 Å².